The minimum Gasteiger partial charge on any atom is -0.490 e. The van der Waals surface area contributed by atoms with E-state index >= 15 is 0 Å². The number of hydrogen-bond donors (Lipinski definition) is 0. The molecule has 2 rings (SSSR count). The van der Waals surface area contributed by atoms with Crippen molar-refractivity contribution < 1.29 is 9.47 Å². The summed E-state index contributed by atoms with van der Waals surface area (Å²) in [6.07, 6.45) is 0.938. The van der Waals surface area contributed by atoms with E-state index in [1.54, 1.807) is 6.07 Å². The van der Waals surface area contributed by atoms with Gasteiger partial charge in [0, 0.05) is 5.56 Å². The quantitative estimate of drug-likeness (QED) is 0.641. The molecule has 0 aliphatic rings. The third kappa shape index (κ3) is 3.59. The topological polar surface area (TPSA) is 18.5 Å². The standard InChI is InChI=1S/C16H16Cl2O2/c1-2-10-19-14-8-3-4-9-15(14)20-16-12(11-17)6-5-7-13(16)18/h3-9H,2,10-11H2,1H3. The first-order valence-corrected chi connectivity index (χ1v) is 7.40. The smallest absolute Gasteiger partial charge is 0.169 e. The van der Waals surface area contributed by atoms with Crippen molar-refractivity contribution >= 4 is 23.2 Å². The second-order valence-corrected chi connectivity index (χ2v) is 4.93. The van der Waals surface area contributed by atoms with Gasteiger partial charge in [0.1, 0.15) is 0 Å². The van der Waals surface area contributed by atoms with Crippen LogP contribution < -0.4 is 9.47 Å². The fourth-order valence-corrected chi connectivity index (χ4v) is 2.19. The number of benzene rings is 2. The van der Waals surface area contributed by atoms with Gasteiger partial charge in [0.05, 0.1) is 17.5 Å². The van der Waals surface area contributed by atoms with E-state index in [4.69, 9.17) is 32.7 Å². The van der Waals surface area contributed by atoms with Crippen molar-refractivity contribution in [3.05, 3.63) is 53.1 Å². The molecule has 0 amide bonds. The molecule has 0 spiro atoms. The van der Waals surface area contributed by atoms with Crippen LogP contribution in [0.1, 0.15) is 18.9 Å². The van der Waals surface area contributed by atoms with E-state index in [0.29, 0.717) is 34.8 Å². The average molecular weight is 311 g/mol. The van der Waals surface area contributed by atoms with Gasteiger partial charge in [0.25, 0.3) is 0 Å². The van der Waals surface area contributed by atoms with E-state index in [9.17, 15) is 0 Å². The predicted molar refractivity (Wildman–Crippen MR) is 83.3 cm³/mol. The largest absolute Gasteiger partial charge is 0.490 e. The lowest BCUT2D eigenvalue weighted by Gasteiger charge is -2.14. The maximum absolute atomic E-state index is 6.19. The maximum Gasteiger partial charge on any atom is 0.169 e. The van der Waals surface area contributed by atoms with Gasteiger partial charge in [-0.2, -0.15) is 0 Å². The van der Waals surface area contributed by atoms with Gasteiger partial charge in [-0.3, -0.25) is 0 Å². The summed E-state index contributed by atoms with van der Waals surface area (Å²) in [5.74, 6) is 2.26. The Morgan fingerprint density at radius 3 is 2.45 bits per heavy atom. The van der Waals surface area contributed by atoms with Crippen LogP contribution >= 0.6 is 23.2 Å². The highest BCUT2D eigenvalue weighted by Crippen LogP contribution is 2.37. The van der Waals surface area contributed by atoms with Crippen LogP contribution in [0.4, 0.5) is 0 Å². The van der Waals surface area contributed by atoms with Gasteiger partial charge in [-0.1, -0.05) is 42.8 Å². The Morgan fingerprint density at radius 1 is 1.00 bits per heavy atom. The van der Waals surface area contributed by atoms with Crippen LogP contribution in [-0.4, -0.2) is 6.61 Å². The van der Waals surface area contributed by atoms with E-state index in [0.717, 1.165) is 12.0 Å². The lowest BCUT2D eigenvalue weighted by Crippen LogP contribution is -1.98. The van der Waals surface area contributed by atoms with Crippen LogP contribution in [0.2, 0.25) is 5.02 Å². The summed E-state index contributed by atoms with van der Waals surface area (Å²) in [5.41, 5.74) is 0.851. The van der Waals surface area contributed by atoms with Gasteiger partial charge >= 0.3 is 0 Å². The molecule has 0 saturated heterocycles. The molecule has 0 fully saturated rings. The maximum atomic E-state index is 6.19. The molecule has 0 heterocycles. The highest BCUT2D eigenvalue weighted by molar-refractivity contribution is 6.32. The molecule has 4 heteroatoms. The zero-order valence-electron chi connectivity index (χ0n) is 11.2. The molecular weight excluding hydrogens is 295 g/mol. The summed E-state index contributed by atoms with van der Waals surface area (Å²) >= 11 is 12.1. The van der Waals surface area contributed by atoms with E-state index < -0.39 is 0 Å². The van der Waals surface area contributed by atoms with Gasteiger partial charge in [0.15, 0.2) is 17.2 Å². The summed E-state index contributed by atoms with van der Waals surface area (Å²) in [4.78, 5) is 0. The Labute approximate surface area is 129 Å². The molecule has 0 atom stereocenters. The number of rotatable bonds is 6. The highest BCUT2D eigenvalue weighted by atomic mass is 35.5. The van der Waals surface area contributed by atoms with Crippen molar-refractivity contribution in [1.82, 2.24) is 0 Å². The Hall–Kier alpha value is -1.38. The van der Waals surface area contributed by atoms with E-state index in [-0.39, 0.29) is 0 Å². The number of alkyl halides is 1. The lowest BCUT2D eigenvalue weighted by atomic mass is 10.2. The number of ether oxygens (including phenoxy) is 2. The van der Waals surface area contributed by atoms with Crippen molar-refractivity contribution in [3.63, 3.8) is 0 Å². The molecule has 20 heavy (non-hydrogen) atoms. The fourth-order valence-electron chi connectivity index (χ4n) is 1.75. The van der Waals surface area contributed by atoms with Crippen molar-refractivity contribution in [2.75, 3.05) is 6.61 Å². The monoisotopic (exact) mass is 310 g/mol. The molecule has 0 saturated carbocycles. The van der Waals surface area contributed by atoms with E-state index in [1.165, 1.54) is 0 Å². The molecule has 0 unspecified atom stereocenters. The molecule has 0 bridgehead atoms. The second-order valence-electron chi connectivity index (χ2n) is 4.26. The fraction of sp³-hybridized carbons (Fsp3) is 0.250. The molecule has 0 radical (unpaired) electrons. The van der Waals surface area contributed by atoms with E-state index in [2.05, 4.69) is 6.92 Å². The summed E-state index contributed by atoms with van der Waals surface area (Å²) < 4.78 is 11.6. The van der Waals surface area contributed by atoms with Gasteiger partial charge in [0.2, 0.25) is 0 Å². The Balaban J connectivity index is 2.30. The summed E-state index contributed by atoms with van der Waals surface area (Å²) in [7, 11) is 0. The van der Waals surface area contributed by atoms with E-state index in [1.807, 2.05) is 36.4 Å². The Kier molecular flexibility index (Phi) is 5.57. The molecule has 2 nitrogen and oxygen atoms in total. The molecule has 0 aromatic heterocycles. The Bertz CT molecular complexity index is 570. The minimum atomic E-state index is 0.341. The SMILES string of the molecule is CCCOc1ccccc1Oc1c(Cl)cccc1CCl. The minimum absolute atomic E-state index is 0.341. The van der Waals surface area contributed by atoms with Gasteiger partial charge in [-0.25, -0.2) is 0 Å². The first-order chi connectivity index (χ1) is 9.76. The van der Waals surface area contributed by atoms with Crippen LogP contribution in [0.3, 0.4) is 0 Å². The van der Waals surface area contributed by atoms with Crippen molar-refractivity contribution in [2.45, 2.75) is 19.2 Å². The molecule has 0 N–H and O–H groups in total. The van der Waals surface area contributed by atoms with Crippen LogP contribution in [0.25, 0.3) is 0 Å². The molecule has 2 aromatic carbocycles. The number of para-hydroxylation sites is 3. The van der Waals surface area contributed by atoms with Crippen LogP contribution in [0.15, 0.2) is 42.5 Å². The van der Waals surface area contributed by atoms with Crippen molar-refractivity contribution in [1.29, 1.82) is 0 Å². The third-order valence-electron chi connectivity index (χ3n) is 2.72. The average Bonchev–Trinajstić information content (AvgIpc) is 2.48. The first-order valence-electron chi connectivity index (χ1n) is 6.49. The van der Waals surface area contributed by atoms with Crippen molar-refractivity contribution in [3.8, 4) is 17.2 Å². The molecule has 0 aliphatic carbocycles. The zero-order chi connectivity index (χ0) is 14.4. The van der Waals surface area contributed by atoms with Crippen LogP contribution in [-0.2, 0) is 5.88 Å². The summed E-state index contributed by atoms with van der Waals surface area (Å²) in [6, 6.07) is 13.1. The van der Waals surface area contributed by atoms with Gasteiger partial charge < -0.3 is 9.47 Å². The van der Waals surface area contributed by atoms with Gasteiger partial charge in [-0.15, -0.1) is 11.6 Å². The number of halogens is 2. The molecule has 2 aromatic rings. The first kappa shape index (κ1) is 15.0. The summed E-state index contributed by atoms with van der Waals surface area (Å²) in [6.45, 7) is 2.70. The molecule has 106 valence electrons. The second kappa shape index (κ2) is 7.41. The lowest BCUT2D eigenvalue weighted by molar-refractivity contribution is 0.302. The normalized spacial score (nSPS) is 10.3. The van der Waals surface area contributed by atoms with Crippen LogP contribution in [0.5, 0.6) is 17.2 Å². The third-order valence-corrected chi connectivity index (χ3v) is 3.30. The summed E-state index contributed by atoms with van der Waals surface area (Å²) in [5, 5.41) is 0.536. The highest BCUT2D eigenvalue weighted by Gasteiger charge is 2.12. The van der Waals surface area contributed by atoms with Gasteiger partial charge in [-0.05, 0) is 24.6 Å². The molecular formula is C16H16Cl2O2. The number of hydrogen-bond acceptors (Lipinski definition) is 2. The van der Waals surface area contributed by atoms with Crippen LogP contribution in [0, 0.1) is 0 Å². The molecule has 0 aliphatic heterocycles. The zero-order valence-corrected chi connectivity index (χ0v) is 12.7. The predicted octanol–water partition coefficient (Wildman–Crippen LogP) is 5.66. The van der Waals surface area contributed by atoms with Crippen molar-refractivity contribution in [2.24, 2.45) is 0 Å². The Morgan fingerprint density at radius 2 is 1.75 bits per heavy atom.